The third-order valence-electron chi connectivity index (χ3n) is 6.61. The van der Waals surface area contributed by atoms with Crippen LogP contribution in [0.2, 0.25) is 30.1 Å². The third-order valence-corrected chi connectivity index (χ3v) is 11.3. The van der Waals surface area contributed by atoms with Crippen molar-refractivity contribution in [2.24, 2.45) is 0 Å². The lowest BCUT2D eigenvalue weighted by atomic mass is 10.1. The van der Waals surface area contributed by atoms with Crippen molar-refractivity contribution >= 4 is 113 Å². The quantitative estimate of drug-likeness (QED) is 0.161. The first kappa shape index (κ1) is 38.8. The SMILES string of the molecule is O=C(O)c1ccc(Cl)cc1NS(=O)(=O)c1ccc(Cl)c(Cl)c1.O=C(c1ccc(Cl)cc1NS(=O)(=O)c1ccc(Cl)c(Cl)c1)N1CCOCC1. The van der Waals surface area contributed by atoms with Crippen LogP contribution in [0.15, 0.2) is 82.6 Å². The Morgan fingerprint density at radius 1 is 0.612 bits per heavy atom. The molecule has 0 radical (unpaired) electrons. The fourth-order valence-corrected chi connectivity index (χ4v) is 7.47. The van der Waals surface area contributed by atoms with Gasteiger partial charge in [0.25, 0.3) is 26.0 Å². The van der Waals surface area contributed by atoms with Crippen molar-refractivity contribution in [1.82, 2.24) is 4.90 Å². The summed E-state index contributed by atoms with van der Waals surface area (Å²) in [4.78, 5) is 25.3. The molecule has 1 heterocycles. The Kier molecular flexibility index (Phi) is 13.0. The lowest BCUT2D eigenvalue weighted by Gasteiger charge is -2.27. The molecular formula is C30H23Cl6N3O8S2. The molecule has 0 saturated carbocycles. The maximum atomic E-state index is 12.8. The second-order valence-electron chi connectivity index (χ2n) is 9.95. The van der Waals surface area contributed by atoms with Gasteiger partial charge in [0, 0.05) is 23.1 Å². The van der Waals surface area contributed by atoms with Crippen molar-refractivity contribution in [2.75, 3.05) is 35.7 Å². The number of carboxylic acid groups (broad SMARTS) is 1. The highest BCUT2D eigenvalue weighted by atomic mass is 35.5. The Morgan fingerprint density at radius 2 is 1.04 bits per heavy atom. The van der Waals surface area contributed by atoms with Crippen LogP contribution in [-0.4, -0.2) is 65.0 Å². The molecule has 0 bridgehead atoms. The lowest BCUT2D eigenvalue weighted by molar-refractivity contribution is 0.0303. The Labute approximate surface area is 311 Å². The van der Waals surface area contributed by atoms with E-state index in [2.05, 4.69) is 9.44 Å². The number of rotatable bonds is 8. The van der Waals surface area contributed by atoms with E-state index in [0.29, 0.717) is 31.3 Å². The molecule has 1 saturated heterocycles. The highest BCUT2D eigenvalue weighted by Gasteiger charge is 2.25. The molecule has 5 rings (SSSR count). The second kappa shape index (κ2) is 16.4. The number of carboxylic acids is 1. The number of hydrogen-bond acceptors (Lipinski definition) is 7. The molecule has 49 heavy (non-hydrogen) atoms. The van der Waals surface area contributed by atoms with Crippen LogP contribution in [-0.2, 0) is 24.8 Å². The number of amides is 1. The van der Waals surface area contributed by atoms with Gasteiger partial charge in [-0.15, -0.1) is 0 Å². The molecule has 1 amide bonds. The standard InChI is InChI=1S/C17H15Cl3N2O4S.C13H8Cl3NO4S/c18-11-1-3-13(17(23)22-5-7-26-8-6-22)16(9-11)21-27(24,25)12-2-4-14(19)15(20)10-12;14-7-1-3-9(13(18)19)12(5-7)17-22(20,21)8-2-4-10(15)11(16)6-8/h1-4,9-10,21H,5-8H2;1-6,17H,(H,18,19). The summed E-state index contributed by atoms with van der Waals surface area (Å²) in [5, 5.41) is 10.2. The molecule has 1 fully saturated rings. The van der Waals surface area contributed by atoms with Gasteiger partial charge >= 0.3 is 5.97 Å². The van der Waals surface area contributed by atoms with E-state index in [0.717, 1.165) is 6.07 Å². The summed E-state index contributed by atoms with van der Waals surface area (Å²) in [6.45, 7) is 1.73. The van der Waals surface area contributed by atoms with Crippen molar-refractivity contribution in [3.8, 4) is 0 Å². The topological polar surface area (TPSA) is 159 Å². The average molecular weight is 830 g/mol. The summed E-state index contributed by atoms with van der Waals surface area (Å²) in [7, 11) is -8.04. The van der Waals surface area contributed by atoms with Gasteiger partial charge in [0.05, 0.1) is 65.6 Å². The first-order chi connectivity index (χ1) is 23.0. The van der Waals surface area contributed by atoms with Gasteiger partial charge in [-0.25, -0.2) is 21.6 Å². The van der Waals surface area contributed by atoms with Gasteiger partial charge < -0.3 is 14.7 Å². The highest BCUT2D eigenvalue weighted by Crippen LogP contribution is 2.30. The summed E-state index contributed by atoms with van der Waals surface area (Å²) >= 11 is 35.1. The van der Waals surface area contributed by atoms with Crippen LogP contribution in [0.1, 0.15) is 20.7 Å². The van der Waals surface area contributed by atoms with E-state index in [-0.39, 0.29) is 63.3 Å². The molecule has 0 aliphatic carbocycles. The number of aromatic carboxylic acids is 1. The number of morpholine rings is 1. The number of nitrogens with one attached hydrogen (secondary N) is 2. The minimum absolute atomic E-state index is 0.0640. The van der Waals surface area contributed by atoms with Gasteiger partial charge in [0.1, 0.15) is 0 Å². The van der Waals surface area contributed by atoms with Gasteiger partial charge in [0.15, 0.2) is 0 Å². The summed E-state index contributed by atoms with van der Waals surface area (Å²) in [5.41, 5.74) is -0.0888. The largest absolute Gasteiger partial charge is 0.478 e. The van der Waals surface area contributed by atoms with Crippen molar-refractivity contribution in [3.05, 3.63) is 114 Å². The number of carbonyl (C=O) groups is 2. The summed E-state index contributed by atoms with van der Waals surface area (Å²) in [5.74, 6) is -1.59. The molecule has 4 aromatic carbocycles. The molecule has 260 valence electrons. The number of ether oxygens (including phenoxy) is 1. The molecule has 0 spiro atoms. The van der Waals surface area contributed by atoms with E-state index in [9.17, 15) is 26.4 Å². The normalized spacial score (nSPS) is 13.2. The smallest absolute Gasteiger partial charge is 0.337 e. The van der Waals surface area contributed by atoms with Gasteiger partial charge in [-0.1, -0.05) is 69.6 Å². The molecule has 1 aliphatic heterocycles. The van der Waals surface area contributed by atoms with E-state index in [4.69, 9.17) is 79.4 Å². The Hall–Kier alpha value is -2.98. The number of anilines is 2. The monoisotopic (exact) mass is 827 g/mol. The van der Waals surface area contributed by atoms with E-state index >= 15 is 0 Å². The Bertz CT molecular complexity index is 2130. The van der Waals surface area contributed by atoms with Crippen LogP contribution in [0.4, 0.5) is 11.4 Å². The molecule has 0 aromatic heterocycles. The third kappa shape index (κ3) is 10.1. The Morgan fingerprint density at radius 3 is 1.47 bits per heavy atom. The number of nitrogens with zero attached hydrogens (tertiary/aromatic N) is 1. The van der Waals surface area contributed by atoms with Gasteiger partial charge in [-0.05, 0) is 72.8 Å². The average Bonchev–Trinajstić information content (AvgIpc) is 3.03. The predicted octanol–water partition coefficient (Wildman–Crippen LogP) is 8.07. The van der Waals surface area contributed by atoms with Gasteiger partial charge in [0.2, 0.25) is 0 Å². The number of sulfonamides is 2. The van der Waals surface area contributed by atoms with Gasteiger partial charge in [-0.3, -0.25) is 14.2 Å². The molecule has 0 atom stereocenters. The fourth-order valence-electron chi connectivity index (χ4n) is 4.21. The molecule has 1 aliphatic rings. The number of benzene rings is 4. The van der Waals surface area contributed by atoms with Crippen LogP contribution in [0.25, 0.3) is 0 Å². The maximum absolute atomic E-state index is 12.8. The molecule has 4 aromatic rings. The lowest BCUT2D eigenvalue weighted by Crippen LogP contribution is -2.41. The Balaban J connectivity index is 0.000000226. The number of carbonyl (C=O) groups excluding carboxylic acids is 1. The summed E-state index contributed by atoms with van der Waals surface area (Å²) in [6, 6.07) is 15.9. The first-order valence-electron chi connectivity index (χ1n) is 13.6. The van der Waals surface area contributed by atoms with E-state index in [1.807, 2.05) is 0 Å². The van der Waals surface area contributed by atoms with Crippen LogP contribution in [0.3, 0.4) is 0 Å². The van der Waals surface area contributed by atoms with Crippen LogP contribution in [0, 0.1) is 0 Å². The number of halogens is 6. The fraction of sp³-hybridized carbons (Fsp3) is 0.133. The molecule has 0 unspecified atom stereocenters. The van der Waals surface area contributed by atoms with Crippen LogP contribution in [0.5, 0.6) is 0 Å². The minimum atomic E-state index is -4.04. The molecular weight excluding hydrogens is 807 g/mol. The summed E-state index contributed by atoms with van der Waals surface area (Å²) in [6.07, 6.45) is 0. The minimum Gasteiger partial charge on any atom is -0.478 e. The zero-order valence-corrected chi connectivity index (χ0v) is 30.8. The second-order valence-corrected chi connectivity index (χ2v) is 15.8. The predicted molar refractivity (Wildman–Crippen MR) is 191 cm³/mol. The zero-order chi connectivity index (χ0) is 36.1. The molecule has 19 heteroatoms. The van der Waals surface area contributed by atoms with E-state index < -0.39 is 26.0 Å². The maximum Gasteiger partial charge on any atom is 0.337 e. The van der Waals surface area contributed by atoms with Gasteiger partial charge in [-0.2, -0.15) is 0 Å². The van der Waals surface area contributed by atoms with E-state index in [1.165, 1.54) is 66.7 Å². The number of hydrogen-bond donors (Lipinski definition) is 3. The van der Waals surface area contributed by atoms with E-state index in [1.54, 1.807) is 4.90 Å². The molecule has 3 N–H and O–H groups in total. The highest BCUT2D eigenvalue weighted by molar-refractivity contribution is 7.93. The zero-order valence-electron chi connectivity index (χ0n) is 24.6. The van der Waals surface area contributed by atoms with Crippen molar-refractivity contribution in [2.45, 2.75) is 9.79 Å². The first-order valence-corrected chi connectivity index (χ1v) is 18.9. The molecule has 11 nitrogen and oxygen atoms in total. The van der Waals surface area contributed by atoms with Crippen LogP contribution < -0.4 is 9.44 Å². The van der Waals surface area contributed by atoms with Crippen molar-refractivity contribution in [1.29, 1.82) is 0 Å². The van der Waals surface area contributed by atoms with Crippen molar-refractivity contribution in [3.63, 3.8) is 0 Å². The van der Waals surface area contributed by atoms with Crippen LogP contribution >= 0.6 is 69.6 Å². The van der Waals surface area contributed by atoms with Crippen molar-refractivity contribution < 1.29 is 36.3 Å². The summed E-state index contributed by atoms with van der Waals surface area (Å²) < 4.78 is 59.9.